The molecule has 0 aliphatic carbocycles. The summed E-state index contributed by atoms with van der Waals surface area (Å²) in [6, 6.07) is 20.0. The zero-order chi connectivity index (χ0) is 24.3. The average molecular weight is 478 g/mol. The number of hydrogen-bond donors (Lipinski definition) is 3. The smallest absolute Gasteiger partial charge is 0.229 e. The van der Waals surface area contributed by atoms with Gasteiger partial charge in [-0.2, -0.15) is 4.98 Å². The van der Waals surface area contributed by atoms with Crippen LogP contribution >= 0.6 is 0 Å². The number of pyridine rings is 1. The zero-order valence-corrected chi connectivity index (χ0v) is 20.0. The van der Waals surface area contributed by atoms with E-state index in [1.54, 1.807) is 10.7 Å². The minimum Gasteiger partial charge on any atom is -0.324 e. The molecule has 5 aromatic rings. The number of nitrogens with one attached hydrogen (secondary N) is 3. The van der Waals surface area contributed by atoms with Gasteiger partial charge in [0.05, 0.1) is 0 Å². The molecule has 1 atom stereocenters. The van der Waals surface area contributed by atoms with Gasteiger partial charge in [-0.3, -0.25) is 0 Å². The fraction of sp³-hybridized carbons (Fsp3) is 0.222. The van der Waals surface area contributed by atoms with Gasteiger partial charge in [0, 0.05) is 23.8 Å². The third-order valence-corrected chi connectivity index (χ3v) is 6.31. The second kappa shape index (κ2) is 9.71. The molecule has 6 rings (SSSR count). The summed E-state index contributed by atoms with van der Waals surface area (Å²) in [6.07, 6.45) is 5.97. The summed E-state index contributed by atoms with van der Waals surface area (Å²) < 4.78 is 1.79. The van der Waals surface area contributed by atoms with Crippen molar-refractivity contribution in [2.24, 2.45) is 5.92 Å². The minimum atomic E-state index is 0.508. The molecule has 5 heterocycles. The molecule has 0 radical (unpaired) electrons. The highest BCUT2D eigenvalue weighted by atomic mass is 15.3. The molecule has 3 N–H and O–H groups in total. The van der Waals surface area contributed by atoms with Crippen LogP contribution in [-0.4, -0.2) is 42.6 Å². The first-order chi connectivity index (χ1) is 17.7. The van der Waals surface area contributed by atoms with Crippen molar-refractivity contribution in [2.75, 3.05) is 23.7 Å². The predicted molar refractivity (Wildman–Crippen MR) is 141 cm³/mol. The molecule has 0 spiro atoms. The zero-order valence-electron chi connectivity index (χ0n) is 20.0. The summed E-state index contributed by atoms with van der Waals surface area (Å²) in [7, 11) is 0. The summed E-state index contributed by atoms with van der Waals surface area (Å²) in [5.74, 6) is 3.04. The number of hydrogen-bond acceptors (Lipinski definition) is 8. The third kappa shape index (κ3) is 4.87. The van der Waals surface area contributed by atoms with Crippen molar-refractivity contribution in [3.8, 4) is 11.5 Å². The van der Waals surface area contributed by atoms with E-state index in [0.29, 0.717) is 29.1 Å². The Labute approximate surface area is 209 Å². The molecule has 1 aromatic carbocycles. The van der Waals surface area contributed by atoms with Crippen LogP contribution in [0.4, 0.5) is 23.3 Å². The number of aromatic nitrogens is 6. The van der Waals surface area contributed by atoms with Crippen molar-refractivity contribution < 1.29 is 0 Å². The lowest BCUT2D eigenvalue weighted by atomic mass is 9.99. The molecule has 0 bridgehead atoms. The summed E-state index contributed by atoms with van der Waals surface area (Å²) in [6.45, 7) is 4.19. The predicted octanol–water partition coefficient (Wildman–Crippen LogP) is 4.53. The van der Waals surface area contributed by atoms with Gasteiger partial charge in [0.2, 0.25) is 11.8 Å². The molecule has 0 saturated carbocycles. The maximum absolute atomic E-state index is 4.75. The van der Waals surface area contributed by atoms with Crippen molar-refractivity contribution in [1.29, 1.82) is 0 Å². The van der Waals surface area contributed by atoms with E-state index in [9.17, 15) is 0 Å². The van der Waals surface area contributed by atoms with Gasteiger partial charge < -0.3 is 16.0 Å². The van der Waals surface area contributed by atoms with Crippen molar-refractivity contribution in [3.63, 3.8) is 0 Å². The van der Waals surface area contributed by atoms with Gasteiger partial charge in [0.15, 0.2) is 5.82 Å². The van der Waals surface area contributed by atoms with E-state index in [4.69, 9.17) is 4.98 Å². The Morgan fingerprint density at radius 2 is 1.89 bits per heavy atom. The average Bonchev–Trinajstić information content (AvgIpc) is 3.58. The van der Waals surface area contributed by atoms with Crippen LogP contribution in [0.25, 0.3) is 17.0 Å². The molecule has 0 amide bonds. The van der Waals surface area contributed by atoms with Gasteiger partial charge in [-0.15, -0.1) is 5.10 Å². The minimum absolute atomic E-state index is 0.508. The summed E-state index contributed by atoms with van der Waals surface area (Å²) >= 11 is 0. The summed E-state index contributed by atoms with van der Waals surface area (Å²) in [4.78, 5) is 18.4. The van der Waals surface area contributed by atoms with Crippen LogP contribution in [0.1, 0.15) is 17.7 Å². The lowest BCUT2D eigenvalue weighted by molar-refractivity contribution is 0.580. The number of fused-ring (bicyclic) bond motifs is 1. The summed E-state index contributed by atoms with van der Waals surface area (Å²) in [5.41, 5.74) is 4.76. The van der Waals surface area contributed by atoms with Crippen molar-refractivity contribution in [2.45, 2.75) is 19.8 Å². The molecule has 1 aliphatic heterocycles. The highest BCUT2D eigenvalue weighted by molar-refractivity contribution is 5.74. The largest absolute Gasteiger partial charge is 0.324 e. The molecule has 36 heavy (non-hydrogen) atoms. The maximum atomic E-state index is 4.75. The third-order valence-electron chi connectivity index (χ3n) is 6.31. The first-order valence-corrected chi connectivity index (χ1v) is 12.2. The van der Waals surface area contributed by atoms with E-state index in [1.165, 1.54) is 12.0 Å². The Morgan fingerprint density at radius 3 is 2.72 bits per heavy atom. The van der Waals surface area contributed by atoms with Gasteiger partial charge in [0.1, 0.15) is 17.0 Å². The Morgan fingerprint density at radius 1 is 0.972 bits per heavy atom. The number of rotatable bonds is 7. The van der Waals surface area contributed by atoms with E-state index >= 15 is 0 Å². The van der Waals surface area contributed by atoms with E-state index in [0.717, 1.165) is 42.3 Å². The SMILES string of the molecule is Cc1cccc(-c2nc(Nc3ccnc(Nc4ccc(CC5CCNC5)cc4)n3)c3cccn3n2)n1. The molecular formula is C27H27N9. The molecule has 1 unspecified atom stereocenters. The van der Waals surface area contributed by atoms with Crippen molar-refractivity contribution >= 4 is 28.8 Å². The monoisotopic (exact) mass is 477 g/mol. The highest BCUT2D eigenvalue weighted by Crippen LogP contribution is 2.24. The van der Waals surface area contributed by atoms with E-state index in [-0.39, 0.29) is 0 Å². The van der Waals surface area contributed by atoms with Crippen LogP contribution in [0.3, 0.4) is 0 Å². The number of benzene rings is 1. The van der Waals surface area contributed by atoms with Crippen molar-refractivity contribution in [3.05, 3.63) is 84.3 Å². The van der Waals surface area contributed by atoms with Crippen molar-refractivity contribution in [1.82, 2.24) is 34.9 Å². The van der Waals surface area contributed by atoms with Crippen LogP contribution in [0.5, 0.6) is 0 Å². The number of aryl methyl sites for hydroxylation is 1. The Bertz CT molecular complexity index is 1490. The fourth-order valence-electron chi connectivity index (χ4n) is 4.49. The lowest BCUT2D eigenvalue weighted by Gasteiger charge is -2.11. The van der Waals surface area contributed by atoms with Gasteiger partial charge >= 0.3 is 0 Å². The first-order valence-electron chi connectivity index (χ1n) is 12.2. The molecule has 1 fully saturated rings. The second-order valence-corrected chi connectivity index (χ2v) is 9.06. The highest BCUT2D eigenvalue weighted by Gasteiger charge is 2.15. The number of anilines is 4. The Balaban J connectivity index is 1.21. The standard InChI is InChI=1S/C27H27N9/c1-18-4-2-5-22(30-18)25-34-26(23-6-3-15-36(23)35-25)32-24-12-14-29-27(33-24)31-21-9-7-19(8-10-21)16-20-11-13-28-17-20/h2-10,12,14-15,20,28H,11,13,16-17H2,1H3,(H2,29,31,32,33,34,35). The normalized spacial score (nSPS) is 15.3. The van der Waals surface area contributed by atoms with Crippen LogP contribution in [-0.2, 0) is 6.42 Å². The van der Waals surface area contributed by atoms with E-state index in [2.05, 4.69) is 60.3 Å². The summed E-state index contributed by atoms with van der Waals surface area (Å²) in [5, 5.41) is 14.7. The maximum Gasteiger partial charge on any atom is 0.229 e. The molecular weight excluding hydrogens is 450 g/mol. The number of nitrogens with zero attached hydrogens (tertiary/aromatic N) is 6. The fourth-order valence-corrected chi connectivity index (χ4v) is 4.49. The molecule has 1 aliphatic rings. The molecule has 9 nitrogen and oxygen atoms in total. The van der Waals surface area contributed by atoms with Crippen LogP contribution in [0.15, 0.2) is 73.1 Å². The second-order valence-electron chi connectivity index (χ2n) is 9.06. The van der Waals surface area contributed by atoms with E-state index in [1.807, 2.05) is 49.5 Å². The van der Waals surface area contributed by atoms with Gasteiger partial charge in [-0.05, 0) is 86.8 Å². The van der Waals surface area contributed by atoms with Gasteiger partial charge in [-0.1, -0.05) is 18.2 Å². The molecule has 4 aromatic heterocycles. The molecule has 180 valence electrons. The molecule has 1 saturated heterocycles. The van der Waals surface area contributed by atoms with Crippen LogP contribution in [0, 0.1) is 12.8 Å². The Kier molecular flexibility index (Phi) is 5.96. The quantitative estimate of drug-likeness (QED) is 0.314. The van der Waals surface area contributed by atoms with Crippen LogP contribution < -0.4 is 16.0 Å². The first kappa shape index (κ1) is 22.1. The van der Waals surface area contributed by atoms with Gasteiger partial charge in [-0.25, -0.2) is 19.5 Å². The topological polar surface area (TPSA) is 105 Å². The molecule has 9 heteroatoms. The van der Waals surface area contributed by atoms with Crippen LogP contribution in [0.2, 0.25) is 0 Å². The van der Waals surface area contributed by atoms with E-state index < -0.39 is 0 Å². The lowest BCUT2D eigenvalue weighted by Crippen LogP contribution is -2.10. The van der Waals surface area contributed by atoms with Gasteiger partial charge in [0.25, 0.3) is 0 Å². The Hall–Kier alpha value is -4.37.